The molecule has 0 spiro atoms. The maximum absolute atomic E-state index is 12.5. The first-order valence-corrected chi connectivity index (χ1v) is 5.64. The molecule has 1 aromatic rings. The van der Waals surface area contributed by atoms with E-state index < -0.39 is 29.6 Å². The first kappa shape index (κ1) is 15.7. The second-order valence-electron chi connectivity index (χ2n) is 4.03. The van der Waals surface area contributed by atoms with Gasteiger partial charge in [0, 0.05) is 5.56 Å². The SMILES string of the molecule is C=CC[C@@H](NC(=O)c1cccc(C(F)(F)F)c1)C(N)=O. The molecule has 1 rings (SSSR count). The number of carbonyl (C=O) groups excluding carboxylic acids is 2. The van der Waals surface area contributed by atoms with Gasteiger partial charge >= 0.3 is 6.18 Å². The van der Waals surface area contributed by atoms with Crippen LogP contribution in [0.3, 0.4) is 0 Å². The molecule has 1 aromatic carbocycles. The molecular formula is C13H13F3N2O2. The lowest BCUT2D eigenvalue weighted by molar-refractivity contribution is -0.137. The molecule has 0 bridgehead atoms. The number of amides is 2. The molecule has 1 atom stereocenters. The van der Waals surface area contributed by atoms with Gasteiger partial charge in [0.05, 0.1) is 5.56 Å². The van der Waals surface area contributed by atoms with Gasteiger partial charge in [-0.2, -0.15) is 13.2 Å². The van der Waals surface area contributed by atoms with Crippen molar-refractivity contribution in [1.29, 1.82) is 0 Å². The zero-order chi connectivity index (χ0) is 15.3. The third-order valence-corrected chi connectivity index (χ3v) is 2.50. The molecule has 2 amide bonds. The predicted octanol–water partition coefficient (Wildman–Crippen LogP) is 1.87. The number of benzene rings is 1. The summed E-state index contributed by atoms with van der Waals surface area (Å²) < 4.78 is 37.6. The van der Waals surface area contributed by atoms with E-state index in [4.69, 9.17) is 5.73 Å². The maximum Gasteiger partial charge on any atom is 0.416 e. The Labute approximate surface area is 113 Å². The van der Waals surface area contributed by atoms with Gasteiger partial charge in [-0.1, -0.05) is 12.1 Å². The van der Waals surface area contributed by atoms with E-state index in [-0.39, 0.29) is 12.0 Å². The zero-order valence-electron chi connectivity index (χ0n) is 10.4. The normalized spacial score (nSPS) is 12.6. The second kappa shape index (κ2) is 6.23. The number of carbonyl (C=O) groups is 2. The molecule has 0 aromatic heterocycles. The van der Waals surface area contributed by atoms with Crippen molar-refractivity contribution in [3.63, 3.8) is 0 Å². The fourth-order valence-electron chi connectivity index (χ4n) is 1.49. The Balaban J connectivity index is 2.92. The Morgan fingerprint density at radius 2 is 2.05 bits per heavy atom. The standard InChI is InChI=1S/C13H13F3N2O2/c1-2-4-10(11(17)19)18-12(20)8-5-3-6-9(7-8)13(14,15)16/h2-3,5-7,10H,1,4H2,(H2,17,19)(H,18,20)/t10-/m1/s1. The van der Waals surface area contributed by atoms with Gasteiger partial charge in [0.15, 0.2) is 0 Å². The van der Waals surface area contributed by atoms with Gasteiger partial charge in [-0.05, 0) is 24.6 Å². The first-order valence-electron chi connectivity index (χ1n) is 5.64. The summed E-state index contributed by atoms with van der Waals surface area (Å²) in [7, 11) is 0. The molecule has 0 saturated carbocycles. The molecule has 0 aliphatic rings. The topological polar surface area (TPSA) is 72.2 Å². The lowest BCUT2D eigenvalue weighted by Gasteiger charge is -2.14. The van der Waals surface area contributed by atoms with E-state index >= 15 is 0 Å². The van der Waals surface area contributed by atoms with E-state index in [1.807, 2.05) is 0 Å². The van der Waals surface area contributed by atoms with Gasteiger partial charge in [0.1, 0.15) is 6.04 Å². The summed E-state index contributed by atoms with van der Waals surface area (Å²) >= 11 is 0. The van der Waals surface area contributed by atoms with Crippen molar-refractivity contribution in [3.05, 3.63) is 48.0 Å². The average molecular weight is 286 g/mol. The molecule has 0 saturated heterocycles. The summed E-state index contributed by atoms with van der Waals surface area (Å²) in [6.07, 6.45) is -3.07. The van der Waals surface area contributed by atoms with Gasteiger partial charge in [-0.3, -0.25) is 9.59 Å². The highest BCUT2D eigenvalue weighted by Gasteiger charge is 2.31. The van der Waals surface area contributed by atoms with E-state index in [0.717, 1.165) is 12.1 Å². The predicted molar refractivity (Wildman–Crippen MR) is 66.7 cm³/mol. The van der Waals surface area contributed by atoms with E-state index in [1.165, 1.54) is 12.1 Å². The number of alkyl halides is 3. The summed E-state index contributed by atoms with van der Waals surface area (Å²) in [5.74, 6) is -1.59. The molecule has 4 nitrogen and oxygen atoms in total. The van der Waals surface area contributed by atoms with Crippen LogP contribution < -0.4 is 11.1 Å². The summed E-state index contributed by atoms with van der Waals surface area (Å²) in [6.45, 7) is 3.40. The molecule has 108 valence electrons. The fourth-order valence-corrected chi connectivity index (χ4v) is 1.49. The van der Waals surface area contributed by atoms with Crippen molar-refractivity contribution in [2.75, 3.05) is 0 Å². The molecule has 0 unspecified atom stereocenters. The third kappa shape index (κ3) is 4.11. The smallest absolute Gasteiger partial charge is 0.368 e. The summed E-state index contributed by atoms with van der Waals surface area (Å²) in [5.41, 5.74) is 3.93. The molecule has 0 fully saturated rings. The van der Waals surface area contributed by atoms with Crippen LogP contribution in [-0.2, 0) is 11.0 Å². The minimum Gasteiger partial charge on any atom is -0.368 e. The van der Waals surface area contributed by atoms with Crippen LogP contribution in [0.25, 0.3) is 0 Å². The molecular weight excluding hydrogens is 273 g/mol. The van der Waals surface area contributed by atoms with Crippen LogP contribution in [0, 0.1) is 0 Å². The lowest BCUT2D eigenvalue weighted by Crippen LogP contribution is -2.44. The molecule has 0 heterocycles. The zero-order valence-corrected chi connectivity index (χ0v) is 10.4. The van der Waals surface area contributed by atoms with E-state index in [2.05, 4.69) is 11.9 Å². The van der Waals surface area contributed by atoms with Crippen LogP contribution in [-0.4, -0.2) is 17.9 Å². The Bertz CT molecular complexity index is 527. The van der Waals surface area contributed by atoms with E-state index in [0.29, 0.717) is 6.07 Å². The highest BCUT2D eigenvalue weighted by molar-refractivity contribution is 5.97. The largest absolute Gasteiger partial charge is 0.416 e. The van der Waals surface area contributed by atoms with Crippen molar-refractivity contribution in [1.82, 2.24) is 5.32 Å². The number of primary amides is 1. The number of nitrogens with two attached hydrogens (primary N) is 1. The van der Waals surface area contributed by atoms with Crippen molar-refractivity contribution in [2.45, 2.75) is 18.6 Å². The van der Waals surface area contributed by atoms with E-state index in [1.54, 1.807) is 0 Å². The van der Waals surface area contributed by atoms with Crippen LogP contribution in [0.5, 0.6) is 0 Å². The highest BCUT2D eigenvalue weighted by Crippen LogP contribution is 2.29. The van der Waals surface area contributed by atoms with Crippen LogP contribution in [0.15, 0.2) is 36.9 Å². The summed E-state index contributed by atoms with van der Waals surface area (Å²) in [4.78, 5) is 22.9. The third-order valence-electron chi connectivity index (χ3n) is 2.50. The number of hydrogen-bond acceptors (Lipinski definition) is 2. The van der Waals surface area contributed by atoms with Gasteiger partial charge in [0.25, 0.3) is 5.91 Å². The number of nitrogens with one attached hydrogen (secondary N) is 1. The van der Waals surface area contributed by atoms with Crippen molar-refractivity contribution in [2.24, 2.45) is 5.73 Å². The molecule has 0 aliphatic heterocycles. The maximum atomic E-state index is 12.5. The Kier molecular flexibility index (Phi) is 4.90. The number of hydrogen-bond donors (Lipinski definition) is 2. The second-order valence-corrected chi connectivity index (χ2v) is 4.03. The summed E-state index contributed by atoms with van der Waals surface area (Å²) in [6, 6.07) is 2.89. The van der Waals surface area contributed by atoms with Gasteiger partial charge in [0.2, 0.25) is 5.91 Å². The molecule has 20 heavy (non-hydrogen) atoms. The van der Waals surface area contributed by atoms with Crippen molar-refractivity contribution < 1.29 is 22.8 Å². The molecule has 7 heteroatoms. The fraction of sp³-hybridized carbons (Fsp3) is 0.231. The monoisotopic (exact) mass is 286 g/mol. The Hall–Kier alpha value is -2.31. The highest BCUT2D eigenvalue weighted by atomic mass is 19.4. The minimum atomic E-state index is -4.54. The van der Waals surface area contributed by atoms with E-state index in [9.17, 15) is 22.8 Å². The van der Waals surface area contributed by atoms with Gasteiger partial charge < -0.3 is 11.1 Å². The van der Waals surface area contributed by atoms with Crippen LogP contribution in [0.2, 0.25) is 0 Å². The summed E-state index contributed by atoms with van der Waals surface area (Å²) in [5, 5.41) is 2.26. The molecule has 0 aliphatic carbocycles. The molecule has 0 radical (unpaired) electrons. The van der Waals surface area contributed by atoms with Gasteiger partial charge in [-0.15, -0.1) is 6.58 Å². The quantitative estimate of drug-likeness (QED) is 0.811. The first-order chi connectivity index (χ1) is 9.25. The van der Waals surface area contributed by atoms with Crippen LogP contribution in [0.4, 0.5) is 13.2 Å². The van der Waals surface area contributed by atoms with Gasteiger partial charge in [-0.25, -0.2) is 0 Å². The lowest BCUT2D eigenvalue weighted by atomic mass is 10.1. The van der Waals surface area contributed by atoms with Crippen LogP contribution >= 0.6 is 0 Å². The average Bonchev–Trinajstić information content (AvgIpc) is 2.37. The van der Waals surface area contributed by atoms with Crippen molar-refractivity contribution in [3.8, 4) is 0 Å². The Morgan fingerprint density at radius 1 is 1.40 bits per heavy atom. The number of rotatable bonds is 5. The number of halogens is 3. The Morgan fingerprint density at radius 3 is 2.55 bits per heavy atom. The van der Waals surface area contributed by atoms with Crippen molar-refractivity contribution >= 4 is 11.8 Å². The minimum absolute atomic E-state index is 0.0973. The van der Waals surface area contributed by atoms with Crippen LogP contribution in [0.1, 0.15) is 22.3 Å². The molecule has 3 N–H and O–H groups in total.